The lowest BCUT2D eigenvalue weighted by Crippen LogP contribution is -2.31. The van der Waals surface area contributed by atoms with Crippen LogP contribution in [0, 0.1) is 0 Å². The van der Waals surface area contributed by atoms with Crippen molar-refractivity contribution < 1.29 is 9.59 Å². The van der Waals surface area contributed by atoms with Crippen molar-refractivity contribution in [2.45, 2.75) is 5.92 Å². The number of rotatable bonds is 2. The van der Waals surface area contributed by atoms with Crippen molar-refractivity contribution in [3.05, 3.63) is 83.4 Å². The molecule has 1 N–H and O–H groups in total. The van der Waals surface area contributed by atoms with Gasteiger partial charge in [0.2, 0.25) is 11.8 Å². The molecule has 2 aliphatic rings. The van der Waals surface area contributed by atoms with Crippen LogP contribution in [0.5, 0.6) is 0 Å². The number of amides is 2. The smallest absolute Gasteiger partial charge is 0.248 e. The number of fused-ring (bicyclic) bond motifs is 3. The zero-order valence-electron chi connectivity index (χ0n) is 15.7. The van der Waals surface area contributed by atoms with Crippen molar-refractivity contribution in [1.82, 2.24) is 4.98 Å². The second-order valence-electron chi connectivity index (χ2n) is 7.26. The van der Waals surface area contributed by atoms with E-state index in [4.69, 9.17) is 0 Å². The summed E-state index contributed by atoms with van der Waals surface area (Å²) in [5.74, 6) is -1.51. The molecule has 2 aliphatic heterocycles. The van der Waals surface area contributed by atoms with Crippen LogP contribution in [-0.2, 0) is 9.59 Å². The summed E-state index contributed by atoms with van der Waals surface area (Å²) in [6.45, 7) is 0. The molecule has 0 saturated carbocycles. The van der Waals surface area contributed by atoms with Crippen molar-refractivity contribution in [3.8, 4) is 0 Å². The van der Waals surface area contributed by atoms with E-state index in [0.29, 0.717) is 5.13 Å². The Morgan fingerprint density at radius 1 is 0.933 bits per heavy atom. The zero-order valence-corrected chi connectivity index (χ0v) is 16.5. The lowest BCUT2D eigenvalue weighted by Gasteiger charge is -2.20. The lowest BCUT2D eigenvalue weighted by atomic mass is 9.97. The Labute approximate surface area is 176 Å². The van der Waals surface area contributed by atoms with Gasteiger partial charge in [-0.3, -0.25) is 14.5 Å². The van der Waals surface area contributed by atoms with Crippen molar-refractivity contribution in [1.29, 1.82) is 0 Å². The fourth-order valence-electron chi connectivity index (χ4n) is 4.19. The summed E-state index contributed by atoms with van der Waals surface area (Å²) in [6, 6.07) is 21.2. The number of para-hydroxylation sites is 3. The van der Waals surface area contributed by atoms with Crippen molar-refractivity contribution in [2.75, 3.05) is 10.2 Å². The first kappa shape index (κ1) is 17.1. The Balaban J connectivity index is 1.43. The van der Waals surface area contributed by atoms with Gasteiger partial charge in [-0.2, -0.15) is 0 Å². The Morgan fingerprint density at radius 2 is 1.70 bits per heavy atom. The fraction of sp³-hybridized carbons (Fsp3) is 0.0417. The standard InChI is InChI=1S/C24H15N3O2S/c28-22(26-24-25-17-9-2-4-11-19(17)30-24)20-16-8-5-7-15-13-12-14-6-1-3-10-18(14)27(21(15)16)23(20)29/h1-13,20H,(H,25,26,28). The van der Waals surface area contributed by atoms with Crippen LogP contribution in [0.15, 0.2) is 66.7 Å². The summed E-state index contributed by atoms with van der Waals surface area (Å²) in [7, 11) is 0. The van der Waals surface area contributed by atoms with Gasteiger partial charge in [0.15, 0.2) is 5.13 Å². The minimum atomic E-state index is -0.911. The number of carbonyl (C=O) groups excluding carboxylic acids is 2. The maximum absolute atomic E-state index is 13.5. The monoisotopic (exact) mass is 409 g/mol. The average Bonchev–Trinajstić information content (AvgIpc) is 3.23. The molecule has 1 aromatic heterocycles. The first-order valence-corrected chi connectivity index (χ1v) is 10.4. The van der Waals surface area contributed by atoms with Crippen LogP contribution in [0.1, 0.15) is 22.6 Å². The number of carbonyl (C=O) groups is 2. The fourth-order valence-corrected chi connectivity index (χ4v) is 5.05. The van der Waals surface area contributed by atoms with Crippen molar-refractivity contribution in [3.63, 3.8) is 0 Å². The predicted molar refractivity (Wildman–Crippen MR) is 120 cm³/mol. The normalized spacial score (nSPS) is 16.3. The summed E-state index contributed by atoms with van der Waals surface area (Å²) >= 11 is 1.40. The predicted octanol–water partition coefficient (Wildman–Crippen LogP) is 5.18. The Morgan fingerprint density at radius 3 is 2.60 bits per heavy atom. The number of hydrogen-bond acceptors (Lipinski definition) is 4. The molecule has 3 heterocycles. The van der Waals surface area contributed by atoms with E-state index >= 15 is 0 Å². The van der Waals surface area contributed by atoms with E-state index in [1.807, 2.05) is 78.9 Å². The molecule has 5 nitrogen and oxygen atoms in total. The van der Waals surface area contributed by atoms with Gasteiger partial charge in [0, 0.05) is 0 Å². The highest BCUT2D eigenvalue weighted by molar-refractivity contribution is 7.22. The van der Waals surface area contributed by atoms with Gasteiger partial charge in [-0.15, -0.1) is 0 Å². The van der Waals surface area contributed by atoms with Gasteiger partial charge in [-0.05, 0) is 34.9 Å². The maximum Gasteiger partial charge on any atom is 0.248 e. The van der Waals surface area contributed by atoms with E-state index < -0.39 is 5.92 Å². The molecule has 0 radical (unpaired) electrons. The van der Waals surface area contributed by atoms with E-state index in [0.717, 1.165) is 38.3 Å². The van der Waals surface area contributed by atoms with E-state index in [9.17, 15) is 9.59 Å². The van der Waals surface area contributed by atoms with Crippen LogP contribution in [-0.4, -0.2) is 16.8 Å². The molecule has 1 atom stereocenters. The Hall–Kier alpha value is -3.77. The summed E-state index contributed by atoms with van der Waals surface area (Å²) in [5.41, 5.74) is 4.99. The maximum atomic E-state index is 13.5. The van der Waals surface area contributed by atoms with E-state index in [1.165, 1.54) is 11.3 Å². The molecule has 0 bridgehead atoms. The molecular formula is C24H15N3O2S. The molecule has 0 aliphatic carbocycles. The van der Waals surface area contributed by atoms with Gasteiger partial charge in [0.05, 0.1) is 21.6 Å². The van der Waals surface area contributed by atoms with E-state index in [1.54, 1.807) is 4.90 Å². The molecule has 0 spiro atoms. The highest BCUT2D eigenvalue weighted by Gasteiger charge is 2.44. The first-order chi connectivity index (χ1) is 14.7. The van der Waals surface area contributed by atoms with Crippen LogP contribution in [0.2, 0.25) is 0 Å². The van der Waals surface area contributed by atoms with Gasteiger partial charge in [-0.25, -0.2) is 4.98 Å². The number of anilines is 3. The molecule has 6 heteroatoms. The highest BCUT2D eigenvalue weighted by Crippen LogP contribution is 2.47. The third-order valence-electron chi connectivity index (χ3n) is 5.51. The van der Waals surface area contributed by atoms with E-state index in [2.05, 4.69) is 10.3 Å². The van der Waals surface area contributed by atoms with Crippen molar-refractivity contribution in [2.24, 2.45) is 0 Å². The molecule has 30 heavy (non-hydrogen) atoms. The molecule has 144 valence electrons. The zero-order chi connectivity index (χ0) is 20.2. The molecule has 6 rings (SSSR count). The number of nitrogens with zero attached hydrogens (tertiary/aromatic N) is 2. The van der Waals surface area contributed by atoms with Gasteiger partial charge < -0.3 is 5.32 Å². The van der Waals surface area contributed by atoms with Crippen LogP contribution in [0.25, 0.3) is 22.4 Å². The lowest BCUT2D eigenvalue weighted by molar-refractivity contribution is -0.126. The largest absolute Gasteiger partial charge is 0.301 e. The van der Waals surface area contributed by atoms with Crippen LogP contribution in [0.4, 0.5) is 16.5 Å². The Bertz CT molecular complexity index is 1360. The third-order valence-corrected chi connectivity index (χ3v) is 6.46. The summed E-state index contributed by atoms with van der Waals surface area (Å²) in [5, 5.41) is 3.37. The molecule has 2 amide bonds. The molecule has 3 aromatic carbocycles. The first-order valence-electron chi connectivity index (χ1n) is 9.61. The van der Waals surface area contributed by atoms with Crippen LogP contribution >= 0.6 is 11.3 Å². The number of benzene rings is 3. The average molecular weight is 409 g/mol. The topological polar surface area (TPSA) is 62.3 Å². The van der Waals surface area contributed by atoms with Gasteiger partial charge in [-0.1, -0.05) is 72.0 Å². The third kappa shape index (κ3) is 2.44. The molecule has 0 saturated heterocycles. The minimum absolute atomic E-state index is 0.243. The summed E-state index contributed by atoms with van der Waals surface area (Å²) < 4.78 is 0.989. The second kappa shape index (κ2) is 6.37. The summed E-state index contributed by atoms with van der Waals surface area (Å²) in [6.07, 6.45) is 4.01. The number of aromatic nitrogens is 1. The second-order valence-corrected chi connectivity index (χ2v) is 8.29. The van der Waals surface area contributed by atoms with Gasteiger partial charge in [0.1, 0.15) is 5.92 Å². The number of thiazole rings is 1. The number of hydrogen-bond donors (Lipinski definition) is 1. The van der Waals surface area contributed by atoms with E-state index in [-0.39, 0.29) is 11.8 Å². The van der Waals surface area contributed by atoms with Crippen LogP contribution < -0.4 is 10.2 Å². The molecule has 1 unspecified atom stereocenters. The molecule has 0 fully saturated rings. The Kier molecular flexibility index (Phi) is 3.63. The molecule has 4 aromatic rings. The SMILES string of the molecule is O=C(Nc1nc2ccccc2s1)C1C(=O)N2c3ccccc3C=Cc3cccc1c32. The highest BCUT2D eigenvalue weighted by atomic mass is 32.1. The van der Waals surface area contributed by atoms with Gasteiger partial charge >= 0.3 is 0 Å². The molecular weight excluding hydrogens is 394 g/mol. The number of nitrogens with one attached hydrogen (secondary N) is 1. The minimum Gasteiger partial charge on any atom is -0.301 e. The van der Waals surface area contributed by atoms with Crippen molar-refractivity contribution >= 4 is 62.0 Å². The summed E-state index contributed by atoms with van der Waals surface area (Å²) in [4.78, 5) is 32.9. The van der Waals surface area contributed by atoms with Gasteiger partial charge in [0.25, 0.3) is 0 Å². The van der Waals surface area contributed by atoms with Crippen LogP contribution in [0.3, 0.4) is 0 Å². The quantitative estimate of drug-likeness (QED) is 0.464.